The van der Waals surface area contributed by atoms with E-state index in [4.69, 9.17) is 0 Å². The minimum atomic E-state index is -0.182. The molecule has 13 aromatic carbocycles. The highest BCUT2D eigenvalue weighted by atomic mass is 14.4. The fourth-order valence-corrected chi connectivity index (χ4v) is 17.2. The molecule has 450 valence electrons. The van der Waals surface area contributed by atoms with Gasteiger partial charge in [-0.25, -0.2) is 0 Å². The van der Waals surface area contributed by atoms with Crippen LogP contribution in [0.15, 0.2) is 206 Å². The van der Waals surface area contributed by atoms with Crippen molar-refractivity contribution in [1.29, 1.82) is 0 Å². The normalized spacial score (nSPS) is 14.7. The molecular formula is C92H82. The van der Waals surface area contributed by atoms with E-state index in [2.05, 4.69) is 317 Å². The van der Waals surface area contributed by atoms with Crippen molar-refractivity contribution in [2.75, 3.05) is 0 Å². The molecule has 0 saturated carbocycles. The lowest BCUT2D eigenvalue weighted by Crippen LogP contribution is -2.17. The van der Waals surface area contributed by atoms with Gasteiger partial charge in [0.05, 0.1) is 0 Å². The summed E-state index contributed by atoms with van der Waals surface area (Å²) in [5, 5.41) is 10.4. The van der Waals surface area contributed by atoms with Crippen LogP contribution in [0.2, 0.25) is 0 Å². The Morgan fingerprint density at radius 3 is 0.837 bits per heavy atom. The smallest absolute Gasteiger partial charge is 0.0159 e. The molecule has 0 heteroatoms. The highest BCUT2D eigenvalue weighted by Gasteiger charge is 2.42. The molecule has 0 aliphatic heterocycles. The molecule has 0 amide bonds. The van der Waals surface area contributed by atoms with Gasteiger partial charge in [0.1, 0.15) is 0 Å². The first-order valence-electron chi connectivity index (χ1n) is 33.7. The monoisotopic (exact) mass is 1190 g/mol. The first-order chi connectivity index (χ1) is 43.7. The minimum absolute atomic E-state index is 0.0784. The summed E-state index contributed by atoms with van der Waals surface area (Å²) in [4.78, 5) is 0. The fraction of sp³-hybridized carbons (Fsp3) is 0.239. The highest BCUT2D eigenvalue weighted by Crippen LogP contribution is 2.66. The summed E-state index contributed by atoms with van der Waals surface area (Å²) in [5.74, 6) is 0. The Morgan fingerprint density at radius 1 is 0.217 bits per heavy atom. The maximum atomic E-state index is 2.58. The van der Waals surface area contributed by atoms with E-state index in [9.17, 15) is 0 Å². The van der Waals surface area contributed by atoms with Gasteiger partial charge in [0.25, 0.3) is 0 Å². The van der Waals surface area contributed by atoms with Crippen LogP contribution in [-0.4, -0.2) is 0 Å². The standard InChI is InChI=1S/C92H82/c1-87(2,3)57-41-55(42-58(49-57)88(4,5)6)79-65-29-19-20-30-66(65)80(56-43-59(89(7,8)9)50-60(44-56)90(10,11)12)86-70-40-38-68-81-67(37-39-69(82(70)81)85(79)86)83-77(53-33-35-63-61-27-21-23-31-73(61)91(13,14)75(63)47-53)71-45-51-25-17-18-26-52(51)46-72(71)78(84(68)83)54-34-36-64-62-28-22-24-32-74(62)92(15,16)76(64)48-54/h17-50H,1-16H3. The van der Waals surface area contributed by atoms with E-state index >= 15 is 0 Å². The minimum Gasteiger partial charge on any atom is -0.0619 e. The van der Waals surface area contributed by atoms with Crippen molar-refractivity contribution in [3.63, 3.8) is 0 Å². The fourth-order valence-electron chi connectivity index (χ4n) is 17.2. The Kier molecular flexibility index (Phi) is 11.6. The average Bonchev–Trinajstić information content (AvgIpc) is 1.50. The molecule has 4 aliphatic rings. The molecule has 0 unspecified atom stereocenters. The van der Waals surface area contributed by atoms with Crippen molar-refractivity contribution in [1.82, 2.24) is 0 Å². The molecule has 0 heterocycles. The zero-order valence-electron chi connectivity index (χ0n) is 56.6. The van der Waals surface area contributed by atoms with Crippen LogP contribution in [0.25, 0.3) is 154 Å². The van der Waals surface area contributed by atoms with E-state index in [1.54, 1.807) is 0 Å². The van der Waals surface area contributed by atoms with Crippen LogP contribution in [0.4, 0.5) is 0 Å². The first-order valence-corrected chi connectivity index (χ1v) is 33.7. The number of hydrogen-bond donors (Lipinski definition) is 0. The van der Waals surface area contributed by atoms with Crippen LogP contribution in [-0.2, 0) is 32.5 Å². The zero-order valence-corrected chi connectivity index (χ0v) is 56.6. The molecule has 0 fully saturated rings. The molecule has 0 aromatic heterocycles. The summed E-state index contributed by atoms with van der Waals surface area (Å²) in [7, 11) is 0. The third kappa shape index (κ3) is 7.95. The molecule has 0 radical (unpaired) electrons. The molecule has 13 aromatic rings. The van der Waals surface area contributed by atoms with Gasteiger partial charge in [-0.05, 0) is 245 Å². The van der Waals surface area contributed by atoms with Crippen molar-refractivity contribution in [3.8, 4) is 111 Å². The summed E-state index contributed by atoms with van der Waals surface area (Å²) >= 11 is 0. The molecule has 92 heavy (non-hydrogen) atoms. The number of hydrogen-bond acceptors (Lipinski definition) is 0. The number of fused-ring (bicyclic) bond motifs is 15. The molecule has 0 spiro atoms. The van der Waals surface area contributed by atoms with Crippen LogP contribution < -0.4 is 0 Å². The maximum absolute atomic E-state index is 2.58. The molecule has 4 aliphatic carbocycles. The van der Waals surface area contributed by atoms with Gasteiger partial charge in [-0.1, -0.05) is 293 Å². The largest absolute Gasteiger partial charge is 0.0619 e. The Hall–Kier alpha value is -9.10. The van der Waals surface area contributed by atoms with E-state index in [-0.39, 0.29) is 32.5 Å². The quantitative estimate of drug-likeness (QED) is 0.154. The molecule has 0 atom stereocenters. The number of rotatable bonds is 4. The van der Waals surface area contributed by atoms with Crippen LogP contribution in [0, 0.1) is 0 Å². The SMILES string of the molecule is CC(C)(C)c1cc(-c2c3c(c(-c4cc(C(C)(C)C)cc(C(C)(C)C)c4)c4ccccc24)-c2ccc4c5c(ccc-3c25)-c2c-4c(-c3ccc4c(c3)C(C)(C)c3ccccc3-4)c3cc4ccccc4cc3c2-c2ccc3c(c2)C(C)(C)c2ccccc2-3)cc(C(C)(C)C)c1. The van der Waals surface area contributed by atoms with E-state index in [1.165, 1.54) is 199 Å². The second-order valence-corrected chi connectivity index (χ2v) is 32.8. The maximum Gasteiger partial charge on any atom is 0.0159 e. The zero-order chi connectivity index (χ0) is 63.8. The van der Waals surface area contributed by atoms with Crippen LogP contribution >= 0.6 is 0 Å². The third-order valence-corrected chi connectivity index (χ3v) is 22.3. The van der Waals surface area contributed by atoms with Gasteiger partial charge >= 0.3 is 0 Å². The van der Waals surface area contributed by atoms with E-state index < -0.39 is 0 Å². The second-order valence-electron chi connectivity index (χ2n) is 32.8. The van der Waals surface area contributed by atoms with Gasteiger partial charge in [-0.15, -0.1) is 0 Å². The lowest BCUT2D eigenvalue weighted by molar-refractivity contribution is 0.568. The van der Waals surface area contributed by atoms with Crippen LogP contribution in [0.3, 0.4) is 0 Å². The third-order valence-electron chi connectivity index (χ3n) is 22.3. The highest BCUT2D eigenvalue weighted by molar-refractivity contribution is 6.36. The lowest BCUT2D eigenvalue weighted by atomic mass is 9.75. The van der Waals surface area contributed by atoms with Crippen LogP contribution in [0.1, 0.15) is 155 Å². The summed E-state index contributed by atoms with van der Waals surface area (Å²) in [5.41, 5.74) is 36.7. The molecule has 0 N–H and O–H groups in total. The molecule has 0 bridgehead atoms. The van der Waals surface area contributed by atoms with Gasteiger partial charge < -0.3 is 0 Å². The predicted molar refractivity (Wildman–Crippen MR) is 397 cm³/mol. The van der Waals surface area contributed by atoms with Gasteiger partial charge in [-0.2, -0.15) is 0 Å². The van der Waals surface area contributed by atoms with Gasteiger partial charge in [0.15, 0.2) is 0 Å². The number of benzene rings is 13. The predicted octanol–water partition coefficient (Wildman–Crippen LogP) is 26.1. The summed E-state index contributed by atoms with van der Waals surface area (Å²) in [6, 6.07) is 82.2. The summed E-state index contributed by atoms with van der Waals surface area (Å²) in [6.07, 6.45) is 0. The lowest BCUT2D eigenvalue weighted by Gasteiger charge is -2.29. The van der Waals surface area contributed by atoms with E-state index in [0.717, 1.165) is 0 Å². The van der Waals surface area contributed by atoms with Crippen molar-refractivity contribution in [3.05, 3.63) is 251 Å². The second kappa shape index (κ2) is 18.8. The first kappa shape index (κ1) is 56.8. The molecular weight excluding hydrogens is 1110 g/mol. The molecule has 17 rings (SSSR count). The van der Waals surface area contributed by atoms with E-state index in [0.29, 0.717) is 0 Å². The molecule has 0 nitrogen and oxygen atoms in total. The Labute approximate surface area is 545 Å². The van der Waals surface area contributed by atoms with Crippen molar-refractivity contribution in [2.24, 2.45) is 0 Å². The summed E-state index contributed by atoms with van der Waals surface area (Å²) < 4.78 is 0. The van der Waals surface area contributed by atoms with Crippen molar-refractivity contribution >= 4 is 43.1 Å². The van der Waals surface area contributed by atoms with Gasteiger partial charge in [0.2, 0.25) is 0 Å². The van der Waals surface area contributed by atoms with Gasteiger partial charge in [0, 0.05) is 10.8 Å². The summed E-state index contributed by atoms with van der Waals surface area (Å²) in [6.45, 7) is 38.3. The Bertz CT molecular complexity index is 5060. The Balaban J connectivity index is 1.04. The topological polar surface area (TPSA) is 0 Å². The van der Waals surface area contributed by atoms with Crippen LogP contribution in [0.5, 0.6) is 0 Å². The average molecular weight is 1190 g/mol. The van der Waals surface area contributed by atoms with Gasteiger partial charge in [-0.3, -0.25) is 0 Å². The van der Waals surface area contributed by atoms with Crippen molar-refractivity contribution in [2.45, 2.75) is 143 Å². The molecule has 0 saturated heterocycles. The van der Waals surface area contributed by atoms with E-state index in [1.807, 2.05) is 0 Å². The Morgan fingerprint density at radius 2 is 0.500 bits per heavy atom. The van der Waals surface area contributed by atoms with Crippen molar-refractivity contribution < 1.29 is 0 Å².